The van der Waals surface area contributed by atoms with Crippen LogP contribution >= 0.6 is 27.5 Å². The minimum Gasteiger partial charge on any atom is -0.426 e. The number of esters is 2. The Labute approximate surface area is 157 Å². The van der Waals surface area contributed by atoms with Crippen LogP contribution in [0.3, 0.4) is 0 Å². The second kappa shape index (κ2) is 7.21. The lowest BCUT2D eigenvalue weighted by molar-refractivity contribution is -0.132. The normalized spacial score (nSPS) is 15.1. The van der Waals surface area contributed by atoms with Gasteiger partial charge in [-0.15, -0.1) is 0 Å². The van der Waals surface area contributed by atoms with Gasteiger partial charge in [0.2, 0.25) is 5.90 Å². The van der Waals surface area contributed by atoms with E-state index in [0.29, 0.717) is 21.9 Å². The molecule has 0 aliphatic carbocycles. The molecule has 1 heterocycles. The van der Waals surface area contributed by atoms with Crippen molar-refractivity contribution in [3.05, 3.63) is 68.8 Å². The van der Waals surface area contributed by atoms with Crippen molar-refractivity contribution >= 4 is 51.4 Å². The first kappa shape index (κ1) is 17.4. The van der Waals surface area contributed by atoms with Gasteiger partial charge in [0.05, 0.1) is 0 Å². The molecule has 1 aliphatic heterocycles. The number of hydrogen-bond donors (Lipinski definition) is 0. The first-order valence-electron chi connectivity index (χ1n) is 7.19. The van der Waals surface area contributed by atoms with Crippen molar-refractivity contribution < 1.29 is 19.1 Å². The highest BCUT2D eigenvalue weighted by molar-refractivity contribution is 9.10. The minimum absolute atomic E-state index is 0.108. The van der Waals surface area contributed by atoms with Crippen LogP contribution in [-0.4, -0.2) is 17.8 Å². The van der Waals surface area contributed by atoms with E-state index in [4.69, 9.17) is 21.1 Å². The average molecular weight is 421 g/mol. The van der Waals surface area contributed by atoms with Gasteiger partial charge in [-0.3, -0.25) is 4.79 Å². The van der Waals surface area contributed by atoms with Crippen LogP contribution in [0.25, 0.3) is 6.08 Å². The Bertz CT molecular complexity index is 919. The third-order valence-electron chi connectivity index (χ3n) is 3.23. The topological polar surface area (TPSA) is 65.0 Å². The standard InChI is InChI=1S/C18H11BrClNO4/c1-10(22)24-16-7-4-13(19)8-12(16)9-15-18(23)25-17(21-15)11-2-5-14(20)6-3-11/h2-9H,1H3/b15-9-. The van der Waals surface area contributed by atoms with Gasteiger partial charge in [-0.1, -0.05) is 27.5 Å². The molecule has 25 heavy (non-hydrogen) atoms. The van der Waals surface area contributed by atoms with Crippen LogP contribution < -0.4 is 4.74 Å². The van der Waals surface area contributed by atoms with Gasteiger partial charge in [-0.25, -0.2) is 9.79 Å². The number of benzene rings is 2. The fourth-order valence-electron chi connectivity index (χ4n) is 2.15. The predicted octanol–water partition coefficient (Wildman–Crippen LogP) is 4.37. The van der Waals surface area contributed by atoms with Gasteiger partial charge in [0, 0.05) is 27.5 Å². The van der Waals surface area contributed by atoms with Crippen molar-refractivity contribution in [2.45, 2.75) is 6.92 Å². The molecular weight excluding hydrogens is 410 g/mol. The number of halogens is 2. The summed E-state index contributed by atoms with van der Waals surface area (Å²) in [4.78, 5) is 27.6. The molecule has 0 saturated carbocycles. The molecule has 5 nitrogen and oxygen atoms in total. The first-order valence-corrected chi connectivity index (χ1v) is 8.36. The van der Waals surface area contributed by atoms with Gasteiger partial charge in [-0.2, -0.15) is 0 Å². The van der Waals surface area contributed by atoms with E-state index in [1.54, 1.807) is 42.5 Å². The van der Waals surface area contributed by atoms with E-state index in [0.717, 1.165) is 4.47 Å². The van der Waals surface area contributed by atoms with Crippen molar-refractivity contribution in [1.82, 2.24) is 0 Å². The summed E-state index contributed by atoms with van der Waals surface area (Å²) >= 11 is 9.20. The number of nitrogens with zero attached hydrogens (tertiary/aromatic N) is 1. The molecule has 0 amide bonds. The number of ether oxygens (including phenoxy) is 2. The van der Waals surface area contributed by atoms with Crippen LogP contribution in [0, 0.1) is 0 Å². The zero-order valence-corrected chi connectivity index (χ0v) is 15.3. The summed E-state index contributed by atoms with van der Waals surface area (Å²) in [5, 5.41) is 0.574. The molecule has 1 aliphatic rings. The molecule has 0 atom stereocenters. The Hall–Kier alpha value is -2.44. The molecule has 0 radical (unpaired) electrons. The predicted molar refractivity (Wildman–Crippen MR) is 97.5 cm³/mol. The lowest BCUT2D eigenvalue weighted by atomic mass is 10.1. The summed E-state index contributed by atoms with van der Waals surface area (Å²) in [7, 11) is 0. The van der Waals surface area contributed by atoms with E-state index in [2.05, 4.69) is 20.9 Å². The Kier molecular flexibility index (Phi) is 5.01. The van der Waals surface area contributed by atoms with Crippen molar-refractivity contribution in [2.24, 2.45) is 4.99 Å². The fourth-order valence-corrected chi connectivity index (χ4v) is 2.66. The van der Waals surface area contributed by atoms with Crippen LogP contribution in [0.1, 0.15) is 18.1 Å². The third-order valence-corrected chi connectivity index (χ3v) is 3.97. The van der Waals surface area contributed by atoms with E-state index in [1.807, 2.05) is 0 Å². The van der Waals surface area contributed by atoms with Crippen LogP contribution in [-0.2, 0) is 14.3 Å². The highest BCUT2D eigenvalue weighted by atomic mass is 79.9. The number of aliphatic imine (C=N–C) groups is 1. The van der Waals surface area contributed by atoms with E-state index in [9.17, 15) is 9.59 Å². The summed E-state index contributed by atoms with van der Waals surface area (Å²) in [6.45, 7) is 1.31. The summed E-state index contributed by atoms with van der Waals surface area (Å²) < 4.78 is 11.1. The van der Waals surface area contributed by atoms with Gasteiger partial charge >= 0.3 is 11.9 Å². The maximum atomic E-state index is 12.1. The van der Waals surface area contributed by atoms with Gasteiger partial charge in [0.15, 0.2) is 5.70 Å². The van der Waals surface area contributed by atoms with Gasteiger partial charge < -0.3 is 9.47 Å². The Balaban J connectivity index is 1.98. The van der Waals surface area contributed by atoms with Crippen LogP contribution in [0.5, 0.6) is 5.75 Å². The second-order valence-corrected chi connectivity index (χ2v) is 6.47. The molecule has 7 heteroatoms. The molecule has 0 saturated heterocycles. The molecule has 126 valence electrons. The monoisotopic (exact) mass is 419 g/mol. The zero-order chi connectivity index (χ0) is 18.0. The molecule has 0 fully saturated rings. The maximum Gasteiger partial charge on any atom is 0.363 e. The highest BCUT2D eigenvalue weighted by Gasteiger charge is 2.24. The number of hydrogen-bond acceptors (Lipinski definition) is 5. The van der Waals surface area contributed by atoms with E-state index in [1.165, 1.54) is 13.0 Å². The molecule has 3 rings (SSSR count). The van der Waals surface area contributed by atoms with Crippen LogP contribution in [0.2, 0.25) is 5.02 Å². The Morgan fingerprint density at radius 2 is 1.96 bits per heavy atom. The van der Waals surface area contributed by atoms with E-state index < -0.39 is 11.9 Å². The number of carbonyl (C=O) groups is 2. The summed E-state index contributed by atoms with van der Waals surface area (Å²) in [6.07, 6.45) is 1.51. The lowest BCUT2D eigenvalue weighted by Gasteiger charge is -2.06. The average Bonchev–Trinajstić information content (AvgIpc) is 2.91. The quantitative estimate of drug-likeness (QED) is 0.420. The SMILES string of the molecule is CC(=O)Oc1ccc(Br)cc1/C=C1\N=C(c2ccc(Cl)cc2)OC1=O. The Morgan fingerprint density at radius 1 is 1.24 bits per heavy atom. The molecule has 0 aromatic heterocycles. The maximum absolute atomic E-state index is 12.1. The summed E-state index contributed by atoms with van der Waals surface area (Å²) in [5.41, 5.74) is 1.27. The van der Waals surface area contributed by atoms with Crippen molar-refractivity contribution in [3.8, 4) is 5.75 Å². The van der Waals surface area contributed by atoms with E-state index >= 15 is 0 Å². The molecule has 0 unspecified atom stereocenters. The van der Waals surface area contributed by atoms with Gasteiger partial charge in [0.25, 0.3) is 0 Å². The van der Waals surface area contributed by atoms with Gasteiger partial charge in [-0.05, 0) is 48.5 Å². The number of cyclic esters (lactones) is 1. The minimum atomic E-state index is -0.585. The number of rotatable bonds is 3. The van der Waals surface area contributed by atoms with Crippen molar-refractivity contribution in [2.75, 3.05) is 0 Å². The first-order chi connectivity index (χ1) is 11.9. The molecule has 2 aromatic carbocycles. The van der Waals surface area contributed by atoms with Crippen molar-refractivity contribution in [1.29, 1.82) is 0 Å². The smallest absolute Gasteiger partial charge is 0.363 e. The molecule has 0 spiro atoms. The third kappa shape index (κ3) is 4.15. The van der Waals surface area contributed by atoms with E-state index in [-0.39, 0.29) is 11.6 Å². The second-order valence-electron chi connectivity index (χ2n) is 5.12. The van der Waals surface area contributed by atoms with Crippen LogP contribution in [0.4, 0.5) is 0 Å². The molecule has 0 bridgehead atoms. The molecular formula is C18H11BrClNO4. The number of carbonyl (C=O) groups excluding carboxylic acids is 2. The van der Waals surface area contributed by atoms with Crippen LogP contribution in [0.15, 0.2) is 57.6 Å². The largest absolute Gasteiger partial charge is 0.426 e. The summed E-state index contributed by atoms with van der Waals surface area (Å²) in [5.74, 6) is -0.525. The van der Waals surface area contributed by atoms with Gasteiger partial charge in [0.1, 0.15) is 5.75 Å². The lowest BCUT2D eigenvalue weighted by Crippen LogP contribution is -2.05. The molecule has 0 N–H and O–H groups in total. The zero-order valence-electron chi connectivity index (χ0n) is 13.0. The fraction of sp³-hybridized carbons (Fsp3) is 0.0556. The summed E-state index contributed by atoms with van der Waals surface area (Å²) in [6, 6.07) is 11.9. The molecule has 2 aromatic rings. The van der Waals surface area contributed by atoms with Crippen molar-refractivity contribution in [3.63, 3.8) is 0 Å². The highest BCUT2D eigenvalue weighted by Crippen LogP contribution is 2.28. The Morgan fingerprint density at radius 3 is 2.64 bits per heavy atom.